The number of hydrogen-bond donors (Lipinski definition) is 0. The van der Waals surface area contributed by atoms with E-state index in [2.05, 4.69) is 6.92 Å². The highest BCUT2D eigenvalue weighted by Crippen LogP contribution is 1.85. The van der Waals surface area contributed by atoms with E-state index < -0.39 is 22.4 Å². The van der Waals surface area contributed by atoms with Crippen LogP contribution in [0.5, 0.6) is 0 Å². The van der Waals surface area contributed by atoms with E-state index in [-0.39, 0.29) is 0 Å². The van der Waals surface area contributed by atoms with Gasteiger partial charge in [-0.15, -0.1) is 0 Å². The van der Waals surface area contributed by atoms with Crippen LogP contribution in [0.15, 0.2) is 0 Å². The smallest absolute Gasteiger partial charge is 0.264 e. The fraction of sp³-hybridized carbons (Fsp3) is 0.667. The molecule has 0 aromatic rings. The molecule has 1 radical (unpaired) electrons. The van der Waals surface area contributed by atoms with Crippen LogP contribution < -0.4 is 0 Å². The van der Waals surface area contributed by atoms with E-state index >= 15 is 0 Å². The highest BCUT2D eigenvalue weighted by atomic mass is 16.6. The maximum absolute atomic E-state index is 9.67. The van der Waals surface area contributed by atoms with Crippen LogP contribution in [-0.2, 0) is 0 Å². The molecule has 0 heterocycles. The van der Waals surface area contributed by atoms with E-state index in [1.165, 1.54) is 0 Å². The van der Waals surface area contributed by atoms with Crippen molar-refractivity contribution in [1.82, 2.24) is 0 Å². The monoisotopic (exact) mass is 133 g/mol. The molecule has 0 saturated carbocycles. The van der Waals surface area contributed by atoms with E-state index in [4.69, 9.17) is 0 Å². The van der Waals surface area contributed by atoms with Gasteiger partial charge in [-0.05, 0) is 0 Å². The Morgan fingerprint density at radius 2 is 1.89 bits per heavy atom. The summed E-state index contributed by atoms with van der Waals surface area (Å²) < 4.78 is 0. The average molecular weight is 133 g/mol. The Bertz CT molecular complexity index is 134. The van der Waals surface area contributed by atoms with Crippen molar-refractivity contribution in [2.24, 2.45) is 0 Å². The zero-order valence-corrected chi connectivity index (χ0v) is 4.52. The lowest BCUT2D eigenvalue weighted by Gasteiger charge is -1.94. The first kappa shape index (κ1) is 7.80. The number of rotatable bonds is 3. The van der Waals surface area contributed by atoms with Crippen LogP contribution >= 0.6 is 0 Å². The third kappa shape index (κ3) is 3.39. The number of nitro groups is 2. The summed E-state index contributed by atoms with van der Waals surface area (Å²) in [5.41, 5.74) is 0. The van der Waals surface area contributed by atoms with Gasteiger partial charge < -0.3 is 0 Å². The van der Waals surface area contributed by atoms with E-state index in [9.17, 15) is 20.2 Å². The summed E-state index contributed by atoms with van der Waals surface area (Å²) in [6, 6.07) is -1.33. The fourth-order valence-electron chi connectivity index (χ4n) is 0.239. The first-order valence-electron chi connectivity index (χ1n) is 2.12. The quantitative estimate of drug-likeness (QED) is 0.392. The molecule has 0 aliphatic heterocycles. The summed E-state index contributed by atoms with van der Waals surface area (Å²) in [6.45, 7) is 2.22. The number of hydrogen-bond acceptors (Lipinski definition) is 4. The summed E-state index contributed by atoms with van der Waals surface area (Å²) >= 11 is 0. The molecule has 0 fully saturated rings. The van der Waals surface area contributed by atoms with Gasteiger partial charge in [0.15, 0.2) is 0 Å². The number of nitrogens with zero attached hydrogens (tertiary/aromatic N) is 2. The van der Waals surface area contributed by atoms with Gasteiger partial charge in [0.2, 0.25) is 0 Å². The van der Waals surface area contributed by atoms with Gasteiger partial charge >= 0.3 is 0 Å². The van der Waals surface area contributed by atoms with Crippen LogP contribution in [0.4, 0.5) is 0 Å². The zero-order valence-electron chi connectivity index (χ0n) is 4.52. The van der Waals surface area contributed by atoms with Crippen molar-refractivity contribution in [3.05, 3.63) is 27.2 Å². The lowest BCUT2D eigenvalue weighted by atomic mass is 10.4. The molecule has 0 aromatic heterocycles. The van der Waals surface area contributed by atoms with E-state index in [0.717, 1.165) is 0 Å². The van der Waals surface area contributed by atoms with Crippen molar-refractivity contribution >= 4 is 0 Å². The van der Waals surface area contributed by atoms with Gasteiger partial charge in [0.05, 0.1) is 0 Å². The maximum Gasteiger partial charge on any atom is 0.276 e. The lowest BCUT2D eigenvalue weighted by Crippen LogP contribution is -2.24. The van der Waals surface area contributed by atoms with Crippen LogP contribution in [0.3, 0.4) is 0 Å². The van der Waals surface area contributed by atoms with Crippen LogP contribution in [-0.4, -0.2) is 22.4 Å². The molecule has 51 valence electrons. The third-order valence-electron chi connectivity index (χ3n) is 0.658. The second kappa shape index (κ2) is 2.95. The molecule has 0 spiro atoms. The maximum atomic E-state index is 9.67. The average Bonchev–Trinajstić information content (AvgIpc) is 1.63. The molecule has 0 aromatic carbocycles. The zero-order chi connectivity index (χ0) is 7.44. The van der Waals surface area contributed by atoms with E-state index in [0.29, 0.717) is 0 Å². The van der Waals surface area contributed by atoms with Crippen molar-refractivity contribution in [3.63, 3.8) is 0 Å². The fourth-order valence-corrected chi connectivity index (χ4v) is 0.239. The Balaban J connectivity index is 3.63. The summed E-state index contributed by atoms with van der Waals surface area (Å²) in [7, 11) is 0. The second-order valence-corrected chi connectivity index (χ2v) is 1.45. The lowest BCUT2D eigenvalue weighted by molar-refractivity contribution is -0.578. The first-order valence-corrected chi connectivity index (χ1v) is 2.12. The van der Waals surface area contributed by atoms with Gasteiger partial charge in [-0.3, -0.25) is 20.2 Å². The highest BCUT2D eigenvalue weighted by molar-refractivity contribution is 4.54. The van der Waals surface area contributed by atoms with E-state index in [1.807, 2.05) is 0 Å². The van der Waals surface area contributed by atoms with Crippen LogP contribution in [0, 0.1) is 27.2 Å². The normalized spacial score (nSPS) is 12.6. The van der Waals surface area contributed by atoms with E-state index in [1.54, 1.807) is 0 Å². The minimum absolute atomic E-state index is 0.715. The Morgan fingerprint density at radius 3 is 2.00 bits per heavy atom. The second-order valence-electron chi connectivity index (χ2n) is 1.45. The molecule has 6 nitrogen and oxygen atoms in total. The summed E-state index contributed by atoms with van der Waals surface area (Å²) in [4.78, 5) is 17.7. The standard InChI is InChI=1S/C3H5N2O4/c1-3(5(8)9)2-4(6)7/h3H,1-2H2. The van der Waals surface area contributed by atoms with Crippen molar-refractivity contribution in [3.8, 4) is 0 Å². The predicted octanol–water partition coefficient (Wildman–Crippen LogP) is -0.258. The molecule has 0 N–H and O–H groups in total. The van der Waals surface area contributed by atoms with Crippen LogP contribution in [0.2, 0.25) is 0 Å². The van der Waals surface area contributed by atoms with Gasteiger partial charge in [-0.2, -0.15) is 0 Å². The molecule has 0 rings (SSSR count). The summed E-state index contributed by atoms with van der Waals surface area (Å²) in [5.74, 6) is 0. The first-order chi connectivity index (χ1) is 4.04. The highest BCUT2D eigenvalue weighted by Gasteiger charge is 2.19. The molecule has 1 unspecified atom stereocenters. The molecule has 9 heavy (non-hydrogen) atoms. The Hall–Kier alpha value is -1.20. The van der Waals surface area contributed by atoms with Gasteiger partial charge in [0, 0.05) is 16.8 Å². The molecule has 1 atom stereocenters. The Labute approximate surface area is 50.8 Å². The minimum atomic E-state index is -1.33. The topological polar surface area (TPSA) is 86.3 Å². The van der Waals surface area contributed by atoms with Crippen molar-refractivity contribution in [2.45, 2.75) is 6.04 Å². The van der Waals surface area contributed by atoms with Crippen molar-refractivity contribution < 1.29 is 9.85 Å². The largest absolute Gasteiger partial charge is 0.276 e. The molecular weight excluding hydrogens is 128 g/mol. The van der Waals surface area contributed by atoms with Gasteiger partial charge in [-0.1, -0.05) is 0 Å². The van der Waals surface area contributed by atoms with Gasteiger partial charge in [0.25, 0.3) is 12.6 Å². The molecule has 0 aliphatic carbocycles. The molecule has 0 bridgehead atoms. The third-order valence-corrected chi connectivity index (χ3v) is 0.658. The summed E-state index contributed by atoms with van der Waals surface area (Å²) in [6.07, 6.45) is 0. The van der Waals surface area contributed by atoms with Gasteiger partial charge in [0.1, 0.15) is 0 Å². The summed E-state index contributed by atoms with van der Waals surface area (Å²) in [5, 5.41) is 19.2. The van der Waals surface area contributed by atoms with Crippen molar-refractivity contribution in [1.29, 1.82) is 0 Å². The predicted molar refractivity (Wildman–Crippen MR) is 28.0 cm³/mol. The Morgan fingerprint density at radius 1 is 1.44 bits per heavy atom. The minimum Gasteiger partial charge on any atom is -0.264 e. The molecular formula is C3H5N2O4. The molecule has 0 aliphatic rings. The van der Waals surface area contributed by atoms with Gasteiger partial charge in [-0.25, -0.2) is 0 Å². The van der Waals surface area contributed by atoms with Crippen LogP contribution in [0.1, 0.15) is 0 Å². The Kier molecular flexibility index (Phi) is 2.56. The van der Waals surface area contributed by atoms with Crippen molar-refractivity contribution in [2.75, 3.05) is 6.54 Å². The molecule has 0 amide bonds. The molecule has 0 saturated heterocycles. The SMILES string of the molecule is [CH2]C(C[N+](=O)[O-])[N+](=O)[O-]. The van der Waals surface area contributed by atoms with Crippen LogP contribution in [0.25, 0.3) is 0 Å². The molecule has 6 heteroatoms.